The SMILES string of the molecule is CCCCN1CC=C[C@]23O[C@@H]4C=CCOC(=O)[C@@H]4[C@H]2C(=O)N(CCCCO)C3C1=O. The number of ether oxygens (including phenoxy) is 2. The number of amides is 2. The van der Waals surface area contributed by atoms with Crippen molar-refractivity contribution >= 4 is 17.8 Å². The molecule has 8 nitrogen and oxygen atoms in total. The van der Waals surface area contributed by atoms with Gasteiger partial charge in [-0.3, -0.25) is 14.4 Å². The monoisotopic (exact) mass is 418 g/mol. The molecule has 1 unspecified atom stereocenters. The van der Waals surface area contributed by atoms with Crippen molar-refractivity contribution in [3.05, 3.63) is 24.3 Å². The first-order chi connectivity index (χ1) is 14.5. The molecule has 0 aromatic heterocycles. The van der Waals surface area contributed by atoms with Gasteiger partial charge in [0.1, 0.15) is 24.2 Å². The van der Waals surface area contributed by atoms with E-state index in [1.165, 1.54) is 0 Å². The molecule has 5 atom stereocenters. The van der Waals surface area contributed by atoms with Crippen molar-refractivity contribution in [1.82, 2.24) is 9.80 Å². The van der Waals surface area contributed by atoms with Gasteiger partial charge in [-0.1, -0.05) is 31.6 Å². The predicted octanol–water partition coefficient (Wildman–Crippen LogP) is 0.651. The standard InChI is InChI=1S/C22H30N2O6/c1-2-3-10-23-11-7-9-22-17(16-15(30-22)8-6-14-29-21(16)28)19(26)24(12-4-5-13-25)18(22)20(23)27/h6-9,15-18,25H,2-5,10-14H2,1H3/t15-,16+,17+,18?,22+/m1/s1. The molecular formula is C22H30N2O6. The highest BCUT2D eigenvalue weighted by Gasteiger charge is 2.71. The van der Waals surface area contributed by atoms with Crippen molar-refractivity contribution in [2.75, 3.05) is 32.8 Å². The maximum Gasteiger partial charge on any atom is 0.313 e. The fourth-order valence-corrected chi connectivity index (χ4v) is 5.20. The van der Waals surface area contributed by atoms with Crippen molar-refractivity contribution in [1.29, 1.82) is 0 Å². The zero-order valence-electron chi connectivity index (χ0n) is 17.4. The second-order valence-electron chi connectivity index (χ2n) is 8.40. The van der Waals surface area contributed by atoms with E-state index in [1.807, 2.05) is 12.2 Å². The molecule has 0 aliphatic carbocycles. The molecule has 0 aromatic carbocycles. The minimum atomic E-state index is -1.18. The highest BCUT2D eigenvalue weighted by Crippen LogP contribution is 2.53. The molecule has 8 heteroatoms. The quantitative estimate of drug-likeness (QED) is 0.371. The maximum absolute atomic E-state index is 13.6. The van der Waals surface area contributed by atoms with Crippen LogP contribution in [0.25, 0.3) is 0 Å². The van der Waals surface area contributed by atoms with Gasteiger partial charge in [-0.2, -0.15) is 0 Å². The Hall–Kier alpha value is -2.19. The first kappa shape index (κ1) is 21.1. The summed E-state index contributed by atoms with van der Waals surface area (Å²) in [5.41, 5.74) is -1.18. The number of carbonyl (C=O) groups is 3. The minimum absolute atomic E-state index is 0.0239. The number of esters is 1. The van der Waals surface area contributed by atoms with E-state index in [4.69, 9.17) is 9.47 Å². The van der Waals surface area contributed by atoms with Crippen molar-refractivity contribution < 1.29 is 29.0 Å². The number of hydrogen-bond acceptors (Lipinski definition) is 6. The van der Waals surface area contributed by atoms with Gasteiger partial charge < -0.3 is 24.4 Å². The summed E-state index contributed by atoms with van der Waals surface area (Å²) in [4.78, 5) is 43.3. The van der Waals surface area contributed by atoms with Crippen LogP contribution in [0.15, 0.2) is 24.3 Å². The number of nitrogens with zero attached hydrogens (tertiary/aromatic N) is 2. The lowest BCUT2D eigenvalue weighted by molar-refractivity contribution is -0.153. The van der Waals surface area contributed by atoms with E-state index >= 15 is 0 Å². The van der Waals surface area contributed by atoms with Crippen LogP contribution in [0.5, 0.6) is 0 Å². The van der Waals surface area contributed by atoms with E-state index in [1.54, 1.807) is 22.0 Å². The third kappa shape index (κ3) is 3.26. The summed E-state index contributed by atoms with van der Waals surface area (Å²) in [5.74, 6) is -2.39. The van der Waals surface area contributed by atoms with Gasteiger partial charge in [-0.25, -0.2) is 0 Å². The summed E-state index contributed by atoms with van der Waals surface area (Å²) in [6.45, 7) is 3.67. The van der Waals surface area contributed by atoms with Crippen LogP contribution in [0.1, 0.15) is 32.6 Å². The van der Waals surface area contributed by atoms with Crippen LogP contribution in [0, 0.1) is 11.8 Å². The molecule has 4 rings (SSSR count). The van der Waals surface area contributed by atoms with Gasteiger partial charge >= 0.3 is 5.97 Å². The van der Waals surface area contributed by atoms with E-state index in [0.717, 1.165) is 12.8 Å². The Morgan fingerprint density at radius 2 is 1.97 bits per heavy atom. The number of fused-ring (bicyclic) bond motifs is 2. The molecule has 0 saturated carbocycles. The number of aliphatic hydroxyl groups is 1. The Morgan fingerprint density at radius 1 is 1.13 bits per heavy atom. The first-order valence-corrected chi connectivity index (χ1v) is 10.9. The lowest BCUT2D eigenvalue weighted by Gasteiger charge is -2.35. The third-order valence-corrected chi connectivity index (χ3v) is 6.59. The summed E-state index contributed by atoms with van der Waals surface area (Å²) in [7, 11) is 0. The van der Waals surface area contributed by atoms with Gasteiger partial charge in [-0.15, -0.1) is 0 Å². The van der Waals surface area contributed by atoms with Crippen LogP contribution < -0.4 is 0 Å². The molecule has 0 aromatic rings. The predicted molar refractivity (Wildman–Crippen MR) is 107 cm³/mol. The van der Waals surface area contributed by atoms with Crippen LogP contribution in [-0.4, -0.2) is 83.3 Å². The van der Waals surface area contributed by atoms with E-state index in [9.17, 15) is 19.5 Å². The number of cyclic esters (lactones) is 1. The number of likely N-dealkylation sites (tertiary alicyclic amines) is 1. The fourth-order valence-electron chi connectivity index (χ4n) is 5.20. The third-order valence-electron chi connectivity index (χ3n) is 6.59. The largest absolute Gasteiger partial charge is 0.461 e. The van der Waals surface area contributed by atoms with Gasteiger partial charge in [0.05, 0.1) is 12.0 Å². The Bertz CT molecular complexity index is 765. The number of unbranched alkanes of at least 4 members (excludes halogenated alkanes) is 2. The van der Waals surface area contributed by atoms with Gasteiger partial charge in [0.2, 0.25) is 11.8 Å². The van der Waals surface area contributed by atoms with E-state index in [2.05, 4.69) is 6.92 Å². The second kappa shape index (κ2) is 8.51. The summed E-state index contributed by atoms with van der Waals surface area (Å²) in [6, 6.07) is -0.808. The molecule has 2 fully saturated rings. The summed E-state index contributed by atoms with van der Waals surface area (Å²) < 4.78 is 11.7. The molecule has 0 bridgehead atoms. The molecule has 4 aliphatic rings. The lowest BCUT2D eigenvalue weighted by atomic mass is 9.78. The number of carbonyl (C=O) groups excluding carboxylic acids is 3. The van der Waals surface area contributed by atoms with Crippen molar-refractivity contribution in [2.24, 2.45) is 11.8 Å². The van der Waals surface area contributed by atoms with Gasteiger partial charge in [0.25, 0.3) is 0 Å². The van der Waals surface area contributed by atoms with Crippen molar-refractivity contribution in [2.45, 2.75) is 50.4 Å². The normalized spacial score (nSPS) is 35.1. The lowest BCUT2D eigenvalue weighted by Crippen LogP contribution is -2.55. The van der Waals surface area contributed by atoms with Crippen molar-refractivity contribution in [3.8, 4) is 0 Å². The van der Waals surface area contributed by atoms with Crippen LogP contribution in [-0.2, 0) is 23.9 Å². The Morgan fingerprint density at radius 3 is 2.73 bits per heavy atom. The van der Waals surface area contributed by atoms with Gasteiger partial charge in [0, 0.05) is 26.2 Å². The Kier molecular flexibility index (Phi) is 5.97. The zero-order chi connectivity index (χ0) is 21.3. The van der Waals surface area contributed by atoms with E-state index in [-0.39, 0.29) is 25.0 Å². The highest BCUT2D eigenvalue weighted by molar-refractivity contribution is 5.99. The molecule has 2 amide bonds. The topological polar surface area (TPSA) is 96.4 Å². The molecule has 30 heavy (non-hydrogen) atoms. The van der Waals surface area contributed by atoms with Crippen molar-refractivity contribution in [3.63, 3.8) is 0 Å². The minimum Gasteiger partial charge on any atom is -0.461 e. The Balaban J connectivity index is 1.74. The molecule has 0 radical (unpaired) electrons. The summed E-state index contributed by atoms with van der Waals surface area (Å²) in [5, 5.41) is 9.17. The first-order valence-electron chi connectivity index (χ1n) is 10.9. The average Bonchev–Trinajstić information content (AvgIpc) is 3.02. The Labute approximate surface area is 176 Å². The molecule has 164 valence electrons. The molecule has 4 heterocycles. The van der Waals surface area contributed by atoms with E-state index < -0.39 is 35.6 Å². The van der Waals surface area contributed by atoms with Crippen LogP contribution in [0.3, 0.4) is 0 Å². The summed E-state index contributed by atoms with van der Waals surface area (Å²) >= 11 is 0. The smallest absolute Gasteiger partial charge is 0.313 e. The van der Waals surface area contributed by atoms with Gasteiger partial charge in [0.15, 0.2) is 0 Å². The van der Waals surface area contributed by atoms with Crippen LogP contribution in [0.2, 0.25) is 0 Å². The molecule has 4 aliphatic heterocycles. The average molecular weight is 418 g/mol. The number of aliphatic hydroxyl groups excluding tert-OH is 1. The zero-order valence-corrected chi connectivity index (χ0v) is 17.4. The molecule has 1 N–H and O–H groups in total. The van der Waals surface area contributed by atoms with Crippen LogP contribution in [0.4, 0.5) is 0 Å². The maximum atomic E-state index is 13.6. The highest BCUT2D eigenvalue weighted by atomic mass is 16.6. The molecular weight excluding hydrogens is 388 g/mol. The van der Waals surface area contributed by atoms with Gasteiger partial charge in [-0.05, 0) is 25.3 Å². The second-order valence-corrected chi connectivity index (χ2v) is 8.40. The number of rotatable bonds is 7. The summed E-state index contributed by atoms with van der Waals surface area (Å²) in [6.07, 6.45) is 9.61. The van der Waals surface area contributed by atoms with Crippen LogP contribution >= 0.6 is 0 Å². The fraction of sp³-hybridized carbons (Fsp3) is 0.682. The number of hydrogen-bond donors (Lipinski definition) is 1. The molecule has 1 spiro atoms. The molecule has 2 saturated heterocycles. The van der Waals surface area contributed by atoms with E-state index in [0.29, 0.717) is 32.5 Å².